The Morgan fingerprint density at radius 3 is 2.26 bits per heavy atom. The van der Waals surface area contributed by atoms with E-state index in [9.17, 15) is 14.4 Å². The van der Waals surface area contributed by atoms with Gasteiger partial charge in [0.15, 0.2) is 0 Å². The summed E-state index contributed by atoms with van der Waals surface area (Å²) < 4.78 is 5.59. The fourth-order valence-corrected chi connectivity index (χ4v) is 4.53. The van der Waals surface area contributed by atoms with Crippen molar-refractivity contribution >= 4 is 18.0 Å². The standard InChI is InChI=1S/C27H30N2O5/c1-2-7-24(26(32)29(15-14-25(30)31)16-18-12-13-18)28-27(33)34-17-23-21-10-5-3-8-19(21)20-9-4-6-11-22(20)23/h2-6,8-11,18,23-24H,1,7,12-17H2,(H,28,33)(H,30,31). The number of alkyl carbamates (subject to hydrolysis) is 1. The number of fused-ring (bicyclic) bond motifs is 3. The van der Waals surface area contributed by atoms with E-state index in [4.69, 9.17) is 9.84 Å². The minimum Gasteiger partial charge on any atom is -0.481 e. The Morgan fingerprint density at radius 2 is 1.71 bits per heavy atom. The molecule has 1 saturated carbocycles. The topological polar surface area (TPSA) is 95.9 Å². The van der Waals surface area contributed by atoms with Gasteiger partial charge in [-0.3, -0.25) is 9.59 Å². The smallest absolute Gasteiger partial charge is 0.407 e. The average molecular weight is 463 g/mol. The second-order valence-electron chi connectivity index (χ2n) is 8.92. The highest BCUT2D eigenvalue weighted by Gasteiger charge is 2.32. The number of benzene rings is 2. The minimum atomic E-state index is -0.960. The van der Waals surface area contributed by atoms with Crippen LogP contribution in [0.4, 0.5) is 4.79 Å². The van der Waals surface area contributed by atoms with E-state index < -0.39 is 18.1 Å². The Hall–Kier alpha value is -3.61. The molecule has 4 rings (SSSR count). The van der Waals surface area contributed by atoms with Crippen LogP contribution in [0.1, 0.15) is 42.7 Å². The lowest BCUT2D eigenvalue weighted by Gasteiger charge is -2.27. The van der Waals surface area contributed by atoms with Gasteiger partial charge in [-0.25, -0.2) is 4.79 Å². The van der Waals surface area contributed by atoms with Crippen LogP contribution >= 0.6 is 0 Å². The van der Waals surface area contributed by atoms with Gasteiger partial charge in [-0.05, 0) is 47.4 Å². The summed E-state index contributed by atoms with van der Waals surface area (Å²) in [7, 11) is 0. The molecule has 34 heavy (non-hydrogen) atoms. The fourth-order valence-electron chi connectivity index (χ4n) is 4.53. The predicted molar refractivity (Wildman–Crippen MR) is 128 cm³/mol. The van der Waals surface area contributed by atoms with Crippen molar-refractivity contribution in [2.24, 2.45) is 5.92 Å². The molecule has 0 radical (unpaired) electrons. The molecular formula is C27H30N2O5. The Kier molecular flexibility index (Phi) is 7.30. The zero-order valence-electron chi connectivity index (χ0n) is 19.1. The number of rotatable bonds is 11. The van der Waals surface area contributed by atoms with E-state index >= 15 is 0 Å². The van der Waals surface area contributed by atoms with Gasteiger partial charge in [-0.15, -0.1) is 6.58 Å². The van der Waals surface area contributed by atoms with Crippen LogP contribution in [0.3, 0.4) is 0 Å². The Bertz CT molecular complexity index is 1030. The van der Waals surface area contributed by atoms with Gasteiger partial charge in [0.1, 0.15) is 12.6 Å². The van der Waals surface area contributed by atoms with Gasteiger partial charge < -0.3 is 20.1 Å². The van der Waals surface area contributed by atoms with E-state index in [1.54, 1.807) is 11.0 Å². The van der Waals surface area contributed by atoms with Crippen LogP contribution in [0.15, 0.2) is 61.2 Å². The zero-order chi connectivity index (χ0) is 24.1. The first-order valence-electron chi connectivity index (χ1n) is 11.7. The molecule has 0 heterocycles. The average Bonchev–Trinajstić information content (AvgIpc) is 3.60. The van der Waals surface area contributed by atoms with Gasteiger partial charge in [0.25, 0.3) is 0 Å². The van der Waals surface area contributed by atoms with E-state index in [0.29, 0.717) is 12.5 Å². The SMILES string of the molecule is C=CCC(NC(=O)OCC1c2ccccc2-c2ccccc21)C(=O)N(CCC(=O)O)CC1CC1. The summed E-state index contributed by atoms with van der Waals surface area (Å²) in [6.45, 7) is 4.47. The molecule has 2 N–H and O–H groups in total. The summed E-state index contributed by atoms with van der Waals surface area (Å²) in [5.74, 6) is -0.940. The number of amides is 2. The van der Waals surface area contributed by atoms with Crippen molar-refractivity contribution in [3.05, 3.63) is 72.3 Å². The molecule has 2 aromatic rings. The molecule has 2 amide bonds. The van der Waals surface area contributed by atoms with Crippen molar-refractivity contribution < 1.29 is 24.2 Å². The van der Waals surface area contributed by atoms with Crippen LogP contribution in [-0.2, 0) is 14.3 Å². The number of carbonyl (C=O) groups is 3. The normalized spacial score (nSPS) is 15.1. The summed E-state index contributed by atoms with van der Waals surface area (Å²) >= 11 is 0. The number of aliphatic carboxylic acids is 1. The third kappa shape index (κ3) is 5.47. The lowest BCUT2D eigenvalue weighted by atomic mass is 9.98. The molecule has 0 saturated heterocycles. The molecule has 2 aromatic carbocycles. The third-order valence-electron chi connectivity index (χ3n) is 6.42. The van der Waals surface area contributed by atoms with Crippen LogP contribution in [0.25, 0.3) is 11.1 Å². The fraction of sp³-hybridized carbons (Fsp3) is 0.370. The van der Waals surface area contributed by atoms with Crippen molar-refractivity contribution in [2.45, 2.75) is 37.6 Å². The first-order chi connectivity index (χ1) is 16.5. The van der Waals surface area contributed by atoms with E-state index in [-0.39, 0.29) is 37.8 Å². The van der Waals surface area contributed by atoms with E-state index in [0.717, 1.165) is 35.1 Å². The number of carbonyl (C=O) groups excluding carboxylic acids is 2. The van der Waals surface area contributed by atoms with Crippen LogP contribution in [-0.4, -0.2) is 53.7 Å². The summed E-state index contributed by atoms with van der Waals surface area (Å²) in [6.07, 6.45) is 3.05. The molecule has 1 fully saturated rings. The van der Waals surface area contributed by atoms with Crippen molar-refractivity contribution in [3.63, 3.8) is 0 Å². The first kappa shape index (κ1) is 23.5. The largest absolute Gasteiger partial charge is 0.481 e. The molecule has 0 aliphatic heterocycles. The van der Waals surface area contributed by atoms with Gasteiger partial charge in [0.2, 0.25) is 5.91 Å². The van der Waals surface area contributed by atoms with Gasteiger partial charge in [-0.1, -0.05) is 54.6 Å². The number of nitrogens with one attached hydrogen (secondary N) is 1. The van der Waals surface area contributed by atoms with E-state index in [1.165, 1.54) is 0 Å². The van der Waals surface area contributed by atoms with Crippen molar-refractivity contribution in [1.82, 2.24) is 10.2 Å². The number of hydrogen-bond donors (Lipinski definition) is 2. The molecule has 7 nitrogen and oxygen atoms in total. The first-order valence-corrected chi connectivity index (χ1v) is 11.7. The number of carboxylic acid groups (broad SMARTS) is 1. The molecule has 178 valence electrons. The van der Waals surface area contributed by atoms with E-state index in [2.05, 4.69) is 24.0 Å². The Balaban J connectivity index is 1.40. The number of ether oxygens (including phenoxy) is 1. The van der Waals surface area contributed by atoms with Crippen molar-refractivity contribution in [3.8, 4) is 11.1 Å². The monoisotopic (exact) mass is 462 g/mol. The zero-order valence-corrected chi connectivity index (χ0v) is 19.1. The number of carboxylic acids is 1. The number of nitrogens with zero attached hydrogens (tertiary/aromatic N) is 1. The highest BCUT2D eigenvalue weighted by atomic mass is 16.5. The Morgan fingerprint density at radius 1 is 1.09 bits per heavy atom. The summed E-state index contributed by atoms with van der Waals surface area (Å²) in [6, 6.07) is 15.3. The van der Waals surface area contributed by atoms with Gasteiger partial charge in [0.05, 0.1) is 6.42 Å². The maximum absolute atomic E-state index is 13.1. The lowest BCUT2D eigenvalue weighted by molar-refractivity contribution is -0.139. The quantitative estimate of drug-likeness (QED) is 0.489. The summed E-state index contributed by atoms with van der Waals surface area (Å²) in [5.41, 5.74) is 4.50. The second-order valence-corrected chi connectivity index (χ2v) is 8.92. The van der Waals surface area contributed by atoms with E-state index in [1.807, 2.05) is 36.4 Å². The maximum atomic E-state index is 13.1. The molecule has 7 heteroatoms. The second kappa shape index (κ2) is 10.5. The van der Waals surface area contributed by atoms with Crippen LogP contribution in [0.5, 0.6) is 0 Å². The summed E-state index contributed by atoms with van der Waals surface area (Å²) in [4.78, 5) is 38.4. The van der Waals surface area contributed by atoms with Gasteiger partial charge in [0, 0.05) is 19.0 Å². The molecule has 1 unspecified atom stereocenters. The molecule has 0 aromatic heterocycles. The molecule has 1 atom stereocenters. The predicted octanol–water partition coefficient (Wildman–Crippen LogP) is 4.18. The lowest BCUT2D eigenvalue weighted by Crippen LogP contribution is -2.49. The highest BCUT2D eigenvalue weighted by molar-refractivity contribution is 5.86. The maximum Gasteiger partial charge on any atom is 0.407 e. The molecule has 2 aliphatic rings. The molecule has 0 bridgehead atoms. The van der Waals surface area contributed by atoms with Gasteiger partial charge >= 0.3 is 12.1 Å². The van der Waals surface area contributed by atoms with Crippen molar-refractivity contribution in [2.75, 3.05) is 19.7 Å². The molecule has 0 spiro atoms. The molecular weight excluding hydrogens is 432 g/mol. The highest BCUT2D eigenvalue weighted by Crippen LogP contribution is 2.44. The van der Waals surface area contributed by atoms with Crippen LogP contribution < -0.4 is 5.32 Å². The van der Waals surface area contributed by atoms with Crippen molar-refractivity contribution in [1.29, 1.82) is 0 Å². The molecule has 2 aliphatic carbocycles. The van der Waals surface area contributed by atoms with Gasteiger partial charge in [-0.2, -0.15) is 0 Å². The summed E-state index contributed by atoms with van der Waals surface area (Å²) in [5, 5.41) is 11.7. The van der Waals surface area contributed by atoms with Crippen LogP contribution in [0.2, 0.25) is 0 Å². The Labute approximate surface area is 199 Å². The third-order valence-corrected chi connectivity index (χ3v) is 6.42. The van der Waals surface area contributed by atoms with Crippen LogP contribution in [0, 0.1) is 5.92 Å². The number of hydrogen-bond acceptors (Lipinski definition) is 4. The minimum absolute atomic E-state index is 0.0753.